The third kappa shape index (κ3) is 7.13. The molecule has 0 saturated carbocycles. The molecule has 0 aliphatic carbocycles. The summed E-state index contributed by atoms with van der Waals surface area (Å²) in [6.45, 7) is 3.35. The lowest BCUT2D eigenvalue weighted by Crippen LogP contribution is -2.32. The fraction of sp³-hybridized carbons (Fsp3) is 0.250. The van der Waals surface area contributed by atoms with Gasteiger partial charge in [0.25, 0.3) is 5.91 Å². The monoisotopic (exact) mass is 618 g/mol. The average molecular weight is 619 g/mol. The molecule has 4 aromatic carbocycles. The number of carbonyl (C=O) groups is 1. The first-order chi connectivity index (χ1) is 22.5. The Hall–Kier alpha value is -5.35. The number of rotatable bonds is 12. The van der Waals surface area contributed by atoms with Crippen LogP contribution < -0.4 is 24.8 Å². The van der Waals surface area contributed by atoms with Gasteiger partial charge >= 0.3 is 0 Å². The fourth-order valence-electron chi connectivity index (χ4n) is 5.63. The minimum absolute atomic E-state index is 0.217. The molecule has 2 heterocycles. The van der Waals surface area contributed by atoms with Gasteiger partial charge in [0.15, 0.2) is 11.5 Å². The largest absolute Gasteiger partial charge is 0.497 e. The number of carbonyl (C=O) groups excluding carboxylic acids is 1. The molecule has 6 rings (SSSR count). The van der Waals surface area contributed by atoms with E-state index in [1.165, 1.54) is 16.7 Å². The van der Waals surface area contributed by atoms with Crippen molar-refractivity contribution >= 4 is 17.3 Å². The van der Waals surface area contributed by atoms with Crippen LogP contribution in [0.3, 0.4) is 0 Å². The molecule has 10 heteroatoms. The van der Waals surface area contributed by atoms with Gasteiger partial charge in [-0.1, -0.05) is 35.5 Å². The summed E-state index contributed by atoms with van der Waals surface area (Å²) in [7, 11) is 4.94. The quantitative estimate of drug-likeness (QED) is 0.182. The molecular formula is C36H38N6O4. The second kappa shape index (κ2) is 14.2. The zero-order chi connectivity index (χ0) is 31.9. The van der Waals surface area contributed by atoms with Gasteiger partial charge in [0.05, 0.1) is 51.1 Å². The first-order valence-electron chi connectivity index (χ1n) is 15.3. The van der Waals surface area contributed by atoms with Crippen LogP contribution in [0.15, 0.2) is 91.1 Å². The Kier molecular flexibility index (Phi) is 9.45. The molecule has 0 bridgehead atoms. The smallest absolute Gasteiger partial charge is 0.255 e. The van der Waals surface area contributed by atoms with Gasteiger partial charge in [-0.05, 0) is 84.1 Å². The van der Waals surface area contributed by atoms with Gasteiger partial charge < -0.3 is 24.8 Å². The zero-order valence-electron chi connectivity index (χ0n) is 26.3. The average Bonchev–Trinajstić information content (AvgIpc) is 3.59. The van der Waals surface area contributed by atoms with E-state index in [0.717, 1.165) is 61.0 Å². The van der Waals surface area contributed by atoms with Gasteiger partial charge in [-0.3, -0.25) is 9.69 Å². The van der Waals surface area contributed by atoms with Crippen molar-refractivity contribution in [2.45, 2.75) is 25.9 Å². The van der Waals surface area contributed by atoms with E-state index < -0.39 is 0 Å². The van der Waals surface area contributed by atoms with Crippen LogP contribution in [0, 0.1) is 0 Å². The predicted octanol–water partition coefficient (Wildman–Crippen LogP) is 5.76. The number of hydrogen-bond donors (Lipinski definition) is 2. The van der Waals surface area contributed by atoms with E-state index >= 15 is 0 Å². The van der Waals surface area contributed by atoms with E-state index in [1.807, 2.05) is 30.5 Å². The van der Waals surface area contributed by atoms with Crippen molar-refractivity contribution in [1.82, 2.24) is 19.9 Å². The summed E-state index contributed by atoms with van der Waals surface area (Å²) in [5, 5.41) is 15.1. The summed E-state index contributed by atoms with van der Waals surface area (Å²) in [5.41, 5.74) is 7.61. The molecule has 0 radical (unpaired) electrons. The molecule has 0 fully saturated rings. The van der Waals surface area contributed by atoms with Crippen molar-refractivity contribution in [3.63, 3.8) is 0 Å². The van der Waals surface area contributed by atoms with E-state index in [4.69, 9.17) is 14.2 Å². The van der Waals surface area contributed by atoms with Crippen molar-refractivity contribution in [3.05, 3.63) is 119 Å². The summed E-state index contributed by atoms with van der Waals surface area (Å²) in [5.74, 6) is 1.99. The Labute approximate surface area is 268 Å². The molecular weight excluding hydrogens is 580 g/mol. The Bertz CT molecular complexity index is 1800. The summed E-state index contributed by atoms with van der Waals surface area (Å²) in [4.78, 5) is 15.4. The third-order valence-electron chi connectivity index (χ3n) is 8.22. The molecule has 5 aromatic rings. The minimum atomic E-state index is -0.217. The number of nitrogens with zero attached hydrogens (tertiary/aromatic N) is 4. The second-order valence-electron chi connectivity index (χ2n) is 11.2. The van der Waals surface area contributed by atoms with Crippen LogP contribution in [0.2, 0.25) is 0 Å². The first-order valence-corrected chi connectivity index (χ1v) is 15.3. The molecule has 10 nitrogen and oxygen atoms in total. The number of hydrogen-bond acceptors (Lipinski definition) is 8. The number of para-hydroxylation sites is 2. The molecule has 2 N–H and O–H groups in total. The molecule has 1 aromatic heterocycles. The highest BCUT2D eigenvalue weighted by atomic mass is 16.5. The number of ether oxygens (including phenoxy) is 3. The molecule has 46 heavy (non-hydrogen) atoms. The molecule has 1 amide bonds. The van der Waals surface area contributed by atoms with Crippen molar-refractivity contribution < 1.29 is 19.0 Å². The minimum Gasteiger partial charge on any atom is -0.497 e. The van der Waals surface area contributed by atoms with Crippen LogP contribution in [0.1, 0.15) is 32.7 Å². The molecule has 236 valence electrons. The summed E-state index contributed by atoms with van der Waals surface area (Å²) < 4.78 is 18.0. The molecule has 0 spiro atoms. The SMILES string of the molecule is COc1cccc(C(=O)Nc2ccccc2NCc2cn(-c3ccc(CCN4CCc5cc(OC)c(OC)cc5C4)cc3)nn2)c1. The standard InChI is InChI=1S/C36H38N6O4/c1-44-31-8-6-7-27(19-31)36(43)38-33-10-5-4-9-32(33)37-22-29-24-42(40-39-29)30-13-11-25(12-14-30)15-17-41-18-16-26-20-34(45-2)35(46-3)21-28(26)23-41/h4-14,19-21,24,37H,15-18,22-23H2,1-3H3,(H,38,43). The Balaban J connectivity index is 1.02. The highest BCUT2D eigenvalue weighted by Gasteiger charge is 2.19. The maximum atomic E-state index is 12.9. The lowest BCUT2D eigenvalue weighted by atomic mass is 9.98. The van der Waals surface area contributed by atoms with Gasteiger partial charge in [-0.25, -0.2) is 4.68 Å². The fourth-order valence-corrected chi connectivity index (χ4v) is 5.63. The van der Waals surface area contributed by atoms with Crippen molar-refractivity contribution in [1.29, 1.82) is 0 Å². The highest BCUT2D eigenvalue weighted by Crippen LogP contribution is 2.33. The Morgan fingerprint density at radius 2 is 1.61 bits per heavy atom. The van der Waals surface area contributed by atoms with Crippen LogP contribution in [-0.4, -0.2) is 60.2 Å². The topological polar surface area (TPSA) is 103 Å². The normalized spacial score (nSPS) is 12.7. The van der Waals surface area contributed by atoms with E-state index in [0.29, 0.717) is 23.5 Å². The van der Waals surface area contributed by atoms with E-state index in [9.17, 15) is 4.79 Å². The number of methoxy groups -OCH3 is 3. The molecule has 1 aliphatic heterocycles. The Morgan fingerprint density at radius 1 is 0.848 bits per heavy atom. The van der Waals surface area contributed by atoms with Crippen LogP contribution in [0.4, 0.5) is 11.4 Å². The molecule has 0 atom stereocenters. The molecule has 0 unspecified atom stereocenters. The Morgan fingerprint density at radius 3 is 2.37 bits per heavy atom. The lowest BCUT2D eigenvalue weighted by Gasteiger charge is -2.29. The molecule has 0 saturated heterocycles. The van der Waals surface area contributed by atoms with Crippen LogP contribution in [-0.2, 0) is 25.9 Å². The van der Waals surface area contributed by atoms with E-state index in [-0.39, 0.29) is 5.91 Å². The van der Waals surface area contributed by atoms with Crippen molar-refractivity contribution in [2.24, 2.45) is 0 Å². The van der Waals surface area contributed by atoms with Crippen LogP contribution in [0.5, 0.6) is 17.2 Å². The van der Waals surface area contributed by atoms with Crippen LogP contribution >= 0.6 is 0 Å². The maximum Gasteiger partial charge on any atom is 0.255 e. The summed E-state index contributed by atoms with van der Waals surface area (Å²) in [6, 6.07) is 27.3. The van der Waals surface area contributed by atoms with Crippen LogP contribution in [0.25, 0.3) is 5.69 Å². The van der Waals surface area contributed by atoms with Gasteiger partial charge in [-0.2, -0.15) is 0 Å². The van der Waals surface area contributed by atoms with E-state index in [1.54, 1.807) is 50.3 Å². The number of amides is 1. The first kappa shape index (κ1) is 30.7. The third-order valence-corrected chi connectivity index (χ3v) is 8.22. The summed E-state index contributed by atoms with van der Waals surface area (Å²) in [6.07, 6.45) is 3.87. The second-order valence-corrected chi connectivity index (χ2v) is 11.2. The van der Waals surface area contributed by atoms with Crippen molar-refractivity contribution in [2.75, 3.05) is 45.1 Å². The highest BCUT2D eigenvalue weighted by molar-refractivity contribution is 6.06. The number of nitrogens with one attached hydrogen (secondary N) is 2. The van der Waals surface area contributed by atoms with Gasteiger partial charge in [0.1, 0.15) is 11.4 Å². The summed E-state index contributed by atoms with van der Waals surface area (Å²) >= 11 is 0. The van der Waals surface area contributed by atoms with E-state index in [2.05, 4.69) is 62.2 Å². The maximum absolute atomic E-state index is 12.9. The van der Waals surface area contributed by atoms with Gasteiger partial charge in [0.2, 0.25) is 0 Å². The number of benzene rings is 4. The number of anilines is 2. The van der Waals surface area contributed by atoms with Gasteiger partial charge in [-0.15, -0.1) is 5.10 Å². The molecule has 1 aliphatic rings. The zero-order valence-corrected chi connectivity index (χ0v) is 26.3. The predicted molar refractivity (Wildman–Crippen MR) is 178 cm³/mol. The number of fused-ring (bicyclic) bond motifs is 1. The van der Waals surface area contributed by atoms with Crippen molar-refractivity contribution in [3.8, 4) is 22.9 Å². The van der Waals surface area contributed by atoms with Gasteiger partial charge in [0, 0.05) is 25.2 Å². The lowest BCUT2D eigenvalue weighted by molar-refractivity contribution is 0.102. The number of aromatic nitrogens is 3.